The second-order valence-corrected chi connectivity index (χ2v) is 12.3. The average molecular weight is 659 g/mol. The zero-order valence-electron chi connectivity index (χ0n) is 24.0. The van der Waals surface area contributed by atoms with Crippen molar-refractivity contribution in [1.82, 2.24) is 20.1 Å². The molecular formula is C31H30Cl3N5O5. The van der Waals surface area contributed by atoms with Crippen molar-refractivity contribution in [2.75, 3.05) is 20.3 Å². The summed E-state index contributed by atoms with van der Waals surface area (Å²) >= 11 is 19.1. The molecule has 6 rings (SSSR count). The van der Waals surface area contributed by atoms with Crippen LogP contribution in [-0.4, -0.2) is 51.9 Å². The number of nitrogens with one attached hydrogen (secondary N) is 1. The Bertz CT molecular complexity index is 1800. The third-order valence-electron chi connectivity index (χ3n) is 8.03. The summed E-state index contributed by atoms with van der Waals surface area (Å²) in [7, 11) is 1.53. The first kappa shape index (κ1) is 30.5. The minimum atomic E-state index is -1.65. The fourth-order valence-corrected chi connectivity index (χ4v) is 6.00. The van der Waals surface area contributed by atoms with E-state index in [9.17, 15) is 14.7 Å². The molecule has 2 aliphatic rings. The number of hydrogen-bond acceptors (Lipinski definition) is 7. The van der Waals surface area contributed by atoms with E-state index in [-0.39, 0.29) is 56.8 Å². The molecule has 2 fully saturated rings. The lowest BCUT2D eigenvalue weighted by atomic mass is 9.90. The second kappa shape index (κ2) is 11.7. The molecule has 0 bridgehead atoms. The van der Waals surface area contributed by atoms with Crippen LogP contribution in [0.4, 0.5) is 0 Å². The van der Waals surface area contributed by atoms with E-state index in [0.717, 1.165) is 18.2 Å². The average Bonchev–Trinajstić information content (AvgIpc) is 3.95. The summed E-state index contributed by atoms with van der Waals surface area (Å²) in [4.78, 5) is 30.9. The fourth-order valence-electron chi connectivity index (χ4n) is 5.38. The molecule has 0 radical (unpaired) electrons. The Morgan fingerprint density at radius 3 is 2.52 bits per heavy atom. The molecule has 2 aromatic carbocycles. The van der Waals surface area contributed by atoms with E-state index in [2.05, 4.69) is 10.4 Å². The van der Waals surface area contributed by atoms with Crippen LogP contribution in [0.1, 0.15) is 65.1 Å². The first-order valence-electron chi connectivity index (χ1n) is 14.2. The molecule has 230 valence electrons. The van der Waals surface area contributed by atoms with Crippen molar-refractivity contribution in [1.29, 1.82) is 0 Å². The number of hydrogen-bond donors (Lipinski definition) is 3. The number of nitrogens with two attached hydrogens (primary N) is 1. The monoisotopic (exact) mass is 657 g/mol. The summed E-state index contributed by atoms with van der Waals surface area (Å²) in [6, 6.07) is 8.31. The van der Waals surface area contributed by atoms with Gasteiger partial charge in [-0.15, -0.1) is 0 Å². The van der Waals surface area contributed by atoms with Crippen molar-refractivity contribution in [3.05, 3.63) is 68.4 Å². The molecule has 0 saturated heterocycles. The molecule has 2 aromatic heterocycles. The molecule has 2 aliphatic carbocycles. The Morgan fingerprint density at radius 2 is 1.89 bits per heavy atom. The number of methoxy groups -OCH3 is 1. The van der Waals surface area contributed by atoms with Crippen molar-refractivity contribution >= 4 is 57.5 Å². The Kier molecular flexibility index (Phi) is 8.13. The van der Waals surface area contributed by atoms with Gasteiger partial charge in [0, 0.05) is 22.7 Å². The van der Waals surface area contributed by atoms with Crippen molar-refractivity contribution in [2.45, 2.75) is 44.2 Å². The maximum absolute atomic E-state index is 13.5. The van der Waals surface area contributed by atoms with Crippen molar-refractivity contribution < 1.29 is 24.2 Å². The van der Waals surface area contributed by atoms with Gasteiger partial charge in [0.1, 0.15) is 22.6 Å². The largest absolute Gasteiger partial charge is 0.494 e. The van der Waals surface area contributed by atoms with Gasteiger partial charge in [0.2, 0.25) is 0 Å². The molecule has 10 nitrogen and oxygen atoms in total. The van der Waals surface area contributed by atoms with Gasteiger partial charge in [-0.25, -0.2) is 4.98 Å². The number of halogens is 3. The molecule has 13 heteroatoms. The fraction of sp³-hybridized carbons (Fsp3) is 0.355. The normalized spacial score (nSPS) is 16.0. The topological polar surface area (TPSA) is 142 Å². The van der Waals surface area contributed by atoms with E-state index < -0.39 is 17.4 Å². The van der Waals surface area contributed by atoms with Gasteiger partial charge in [0.05, 0.1) is 52.6 Å². The van der Waals surface area contributed by atoms with Gasteiger partial charge in [-0.05, 0) is 68.9 Å². The predicted molar refractivity (Wildman–Crippen MR) is 168 cm³/mol. The lowest BCUT2D eigenvalue weighted by molar-refractivity contribution is 0.00946. The third kappa shape index (κ3) is 5.56. The lowest BCUT2D eigenvalue weighted by Crippen LogP contribution is -2.43. The zero-order valence-corrected chi connectivity index (χ0v) is 26.3. The van der Waals surface area contributed by atoms with Gasteiger partial charge < -0.3 is 25.6 Å². The van der Waals surface area contributed by atoms with Crippen molar-refractivity contribution in [3.63, 3.8) is 0 Å². The van der Waals surface area contributed by atoms with Crippen LogP contribution in [-0.2, 0) is 5.60 Å². The third-order valence-corrected chi connectivity index (χ3v) is 9.32. The van der Waals surface area contributed by atoms with Gasteiger partial charge in [0.15, 0.2) is 5.75 Å². The number of carbonyl (C=O) groups excluding carboxylic acids is 2. The highest BCUT2D eigenvalue weighted by atomic mass is 35.5. The molecule has 1 atom stereocenters. The second-order valence-electron chi connectivity index (χ2n) is 11.1. The van der Waals surface area contributed by atoms with Gasteiger partial charge in [-0.3, -0.25) is 14.3 Å². The quantitative estimate of drug-likeness (QED) is 0.170. The maximum Gasteiger partial charge on any atom is 0.252 e. The van der Waals surface area contributed by atoms with Crippen molar-refractivity contribution in [2.24, 2.45) is 11.7 Å². The number of primary amides is 1. The number of fused-ring (bicyclic) bond motifs is 1. The smallest absolute Gasteiger partial charge is 0.252 e. The van der Waals surface area contributed by atoms with Crippen LogP contribution >= 0.6 is 34.8 Å². The van der Waals surface area contributed by atoms with E-state index in [0.29, 0.717) is 41.3 Å². The highest BCUT2D eigenvalue weighted by Gasteiger charge is 2.47. The highest BCUT2D eigenvalue weighted by molar-refractivity contribution is 6.49. The molecule has 2 saturated carbocycles. The Balaban J connectivity index is 1.38. The van der Waals surface area contributed by atoms with E-state index in [1.165, 1.54) is 13.2 Å². The highest BCUT2D eigenvalue weighted by Crippen LogP contribution is 2.48. The van der Waals surface area contributed by atoms with Gasteiger partial charge in [-0.1, -0.05) is 34.8 Å². The van der Waals surface area contributed by atoms with Crippen LogP contribution in [0.3, 0.4) is 0 Å². The molecule has 2 amide bonds. The number of carbonyl (C=O) groups is 2. The minimum Gasteiger partial charge on any atom is -0.494 e. The number of amides is 2. The molecule has 4 N–H and O–H groups in total. The zero-order chi connectivity index (χ0) is 31.3. The number of ether oxygens (including phenoxy) is 2. The molecule has 4 aromatic rings. The van der Waals surface area contributed by atoms with Gasteiger partial charge >= 0.3 is 0 Å². The maximum atomic E-state index is 13.5. The summed E-state index contributed by atoms with van der Waals surface area (Å²) in [5.74, 6) is -0.869. The molecule has 2 heterocycles. The Morgan fingerprint density at radius 1 is 1.14 bits per heavy atom. The summed E-state index contributed by atoms with van der Waals surface area (Å²) in [5.41, 5.74) is 5.80. The van der Waals surface area contributed by atoms with Crippen LogP contribution in [0.5, 0.6) is 11.5 Å². The van der Waals surface area contributed by atoms with Crippen LogP contribution in [0, 0.1) is 5.92 Å². The number of aliphatic hydroxyl groups is 1. The molecule has 0 spiro atoms. The van der Waals surface area contributed by atoms with Crippen molar-refractivity contribution in [3.8, 4) is 22.8 Å². The minimum absolute atomic E-state index is 0.00209. The predicted octanol–water partition coefficient (Wildman–Crippen LogP) is 5.93. The van der Waals surface area contributed by atoms with E-state index >= 15 is 0 Å². The van der Waals surface area contributed by atoms with Crippen LogP contribution in [0.2, 0.25) is 15.1 Å². The Hall–Kier alpha value is -3.57. The number of nitrogens with zero attached hydrogens (tertiary/aromatic N) is 3. The van der Waals surface area contributed by atoms with Crippen LogP contribution in [0.15, 0.2) is 36.5 Å². The van der Waals surface area contributed by atoms with Gasteiger partial charge in [0.25, 0.3) is 11.8 Å². The SMILES string of the molecule is CCOc1c(C(N)=O)cc([C@@](O)(CNC(=O)c2cc(OC)c3nn(C4CC4)cc3c2)C2CC2)nc1-c1ccc(Cl)c(Cl)c1Cl. The Labute approximate surface area is 268 Å². The molecule has 0 aliphatic heterocycles. The molecule has 0 unspecified atom stereocenters. The summed E-state index contributed by atoms with van der Waals surface area (Å²) in [6.45, 7) is 1.76. The summed E-state index contributed by atoms with van der Waals surface area (Å²) < 4.78 is 13.3. The first-order chi connectivity index (χ1) is 21.0. The van der Waals surface area contributed by atoms with Crippen LogP contribution < -0.4 is 20.5 Å². The molecular weight excluding hydrogens is 629 g/mol. The summed E-state index contributed by atoms with van der Waals surface area (Å²) in [5, 5.41) is 20.8. The van der Waals surface area contributed by atoms with E-state index in [4.69, 9.17) is 55.0 Å². The summed E-state index contributed by atoms with van der Waals surface area (Å²) in [6.07, 6.45) is 5.43. The number of aromatic nitrogens is 3. The van der Waals surface area contributed by atoms with E-state index in [1.807, 2.05) is 10.9 Å². The first-order valence-corrected chi connectivity index (χ1v) is 15.4. The lowest BCUT2D eigenvalue weighted by Gasteiger charge is -2.29. The standard InChI is InChI=1S/C31H30Cl3N5O5/c1-3-44-28-20(29(35)40)12-23(37-27(28)19-8-9-21(32)25(34)24(19)33)31(42,17-4-5-17)14-36-30(41)15-10-16-13-39(18-6-7-18)38-26(16)22(11-15)43-2/h8-13,17-18,42H,3-7,14H2,1-2H3,(H2,35,40)(H,36,41)/t31-/m1/s1. The molecule has 44 heavy (non-hydrogen) atoms. The number of benzene rings is 2. The van der Waals surface area contributed by atoms with Crippen LogP contribution in [0.25, 0.3) is 22.2 Å². The van der Waals surface area contributed by atoms with Gasteiger partial charge in [-0.2, -0.15) is 5.10 Å². The van der Waals surface area contributed by atoms with E-state index in [1.54, 1.807) is 31.2 Å². The number of rotatable bonds is 11. The number of pyridine rings is 1.